The van der Waals surface area contributed by atoms with Crippen molar-refractivity contribution in [2.24, 2.45) is 5.92 Å². The van der Waals surface area contributed by atoms with E-state index in [-0.39, 0.29) is 18.4 Å². The lowest BCUT2D eigenvalue weighted by Crippen LogP contribution is -2.60. The van der Waals surface area contributed by atoms with Gasteiger partial charge in [-0.25, -0.2) is 0 Å². The molecule has 8 nitrogen and oxygen atoms in total. The Morgan fingerprint density at radius 1 is 1.21 bits per heavy atom. The van der Waals surface area contributed by atoms with E-state index in [1.54, 1.807) is 29.2 Å². The monoisotopic (exact) mass is 387 g/mol. The van der Waals surface area contributed by atoms with Crippen molar-refractivity contribution in [3.8, 4) is 5.75 Å². The number of piperidine rings is 1. The van der Waals surface area contributed by atoms with Crippen LogP contribution in [-0.4, -0.2) is 66.2 Å². The maximum absolute atomic E-state index is 13.3. The third-order valence-corrected chi connectivity index (χ3v) is 5.85. The molecule has 1 saturated carbocycles. The quantitative estimate of drug-likeness (QED) is 0.722. The van der Waals surface area contributed by atoms with Crippen molar-refractivity contribution in [3.05, 3.63) is 29.8 Å². The predicted octanol–water partition coefficient (Wildman–Crippen LogP) is 0.0148. The summed E-state index contributed by atoms with van der Waals surface area (Å²) in [5, 5.41) is 11.7. The molecular formula is C20H23N2O6-. The fourth-order valence-electron chi connectivity index (χ4n) is 4.11. The standard InChI is InChI=1S/C20H24N2O6/c1-27-15-4-2-3-14(11-15)18(24)22-16(19(25)26)12-28-20(22)7-9-21(10-8-20)17(23)13-5-6-13/h2-4,11,13,16H,5-10,12H2,1H3,(H,25,26)/p-1/t16-/m1/s1. The molecule has 2 aliphatic heterocycles. The molecule has 1 aromatic carbocycles. The minimum Gasteiger partial charge on any atom is -0.548 e. The number of methoxy groups -OCH3 is 1. The smallest absolute Gasteiger partial charge is 0.256 e. The highest BCUT2D eigenvalue weighted by molar-refractivity contribution is 5.97. The minimum atomic E-state index is -1.34. The van der Waals surface area contributed by atoms with Crippen LogP contribution in [0.3, 0.4) is 0 Å². The Bertz CT molecular complexity index is 798. The summed E-state index contributed by atoms with van der Waals surface area (Å²) in [5.41, 5.74) is -0.711. The third-order valence-electron chi connectivity index (χ3n) is 5.85. The maximum Gasteiger partial charge on any atom is 0.256 e. The molecule has 1 atom stereocenters. The van der Waals surface area contributed by atoms with E-state index in [4.69, 9.17) is 9.47 Å². The van der Waals surface area contributed by atoms with Gasteiger partial charge < -0.3 is 24.3 Å². The second kappa shape index (κ2) is 7.09. The number of carboxylic acids is 1. The predicted molar refractivity (Wildman–Crippen MR) is 95.2 cm³/mol. The number of ether oxygens (including phenoxy) is 2. The Hall–Kier alpha value is -2.61. The van der Waals surface area contributed by atoms with Gasteiger partial charge in [0.1, 0.15) is 11.5 Å². The molecule has 8 heteroatoms. The molecule has 0 radical (unpaired) electrons. The van der Waals surface area contributed by atoms with Crippen molar-refractivity contribution in [1.82, 2.24) is 9.80 Å². The van der Waals surface area contributed by atoms with Gasteiger partial charge in [0.05, 0.1) is 25.7 Å². The number of benzene rings is 1. The zero-order valence-corrected chi connectivity index (χ0v) is 15.8. The first kappa shape index (κ1) is 18.7. The largest absolute Gasteiger partial charge is 0.548 e. The van der Waals surface area contributed by atoms with Crippen molar-refractivity contribution in [2.45, 2.75) is 37.5 Å². The number of nitrogens with zero attached hydrogens (tertiary/aromatic N) is 2. The second-order valence-electron chi connectivity index (χ2n) is 7.60. The summed E-state index contributed by atoms with van der Waals surface area (Å²) in [7, 11) is 1.50. The van der Waals surface area contributed by atoms with Gasteiger partial charge in [-0.05, 0) is 31.0 Å². The number of rotatable bonds is 4. The van der Waals surface area contributed by atoms with E-state index in [9.17, 15) is 19.5 Å². The van der Waals surface area contributed by atoms with Gasteiger partial charge in [0.15, 0.2) is 0 Å². The number of likely N-dealkylation sites (tertiary alicyclic amines) is 1. The van der Waals surface area contributed by atoms with Crippen molar-refractivity contribution in [2.75, 3.05) is 26.8 Å². The Morgan fingerprint density at radius 3 is 2.54 bits per heavy atom. The van der Waals surface area contributed by atoms with Crippen molar-refractivity contribution in [1.29, 1.82) is 0 Å². The van der Waals surface area contributed by atoms with Gasteiger partial charge in [0.2, 0.25) is 5.91 Å². The van der Waals surface area contributed by atoms with Gasteiger partial charge in [-0.1, -0.05) is 6.07 Å². The van der Waals surface area contributed by atoms with Crippen molar-refractivity contribution in [3.63, 3.8) is 0 Å². The van der Waals surface area contributed by atoms with Crippen LogP contribution in [0, 0.1) is 5.92 Å². The molecule has 1 aromatic rings. The first-order chi connectivity index (χ1) is 13.4. The van der Waals surface area contributed by atoms with Crippen molar-refractivity contribution < 1.29 is 29.0 Å². The summed E-state index contributed by atoms with van der Waals surface area (Å²) in [4.78, 5) is 40.4. The maximum atomic E-state index is 13.3. The molecule has 0 bridgehead atoms. The highest BCUT2D eigenvalue weighted by atomic mass is 16.5. The highest BCUT2D eigenvalue weighted by Gasteiger charge is 2.53. The van der Waals surface area contributed by atoms with Crippen LogP contribution in [0.2, 0.25) is 0 Å². The van der Waals surface area contributed by atoms with E-state index in [0.29, 0.717) is 37.2 Å². The van der Waals surface area contributed by atoms with Gasteiger partial charge in [-0.2, -0.15) is 0 Å². The van der Waals surface area contributed by atoms with E-state index in [1.165, 1.54) is 12.0 Å². The second-order valence-corrected chi connectivity index (χ2v) is 7.60. The van der Waals surface area contributed by atoms with Crippen LogP contribution in [0.25, 0.3) is 0 Å². The molecule has 28 heavy (non-hydrogen) atoms. The van der Waals surface area contributed by atoms with E-state index < -0.39 is 23.6 Å². The molecular weight excluding hydrogens is 364 g/mol. The first-order valence-electron chi connectivity index (χ1n) is 9.56. The zero-order valence-electron chi connectivity index (χ0n) is 15.8. The summed E-state index contributed by atoms with van der Waals surface area (Å²) in [5.74, 6) is -0.994. The van der Waals surface area contributed by atoms with Crippen LogP contribution < -0.4 is 9.84 Å². The molecule has 1 spiro atoms. The van der Waals surface area contributed by atoms with Gasteiger partial charge in [0.25, 0.3) is 5.91 Å². The fraction of sp³-hybridized carbons (Fsp3) is 0.550. The molecule has 2 saturated heterocycles. The number of hydrogen-bond donors (Lipinski definition) is 0. The van der Waals surface area contributed by atoms with E-state index in [2.05, 4.69) is 0 Å². The zero-order chi connectivity index (χ0) is 19.9. The molecule has 3 fully saturated rings. The van der Waals surface area contributed by atoms with Crippen LogP contribution >= 0.6 is 0 Å². The van der Waals surface area contributed by atoms with Crippen LogP contribution in [0.5, 0.6) is 5.75 Å². The van der Waals surface area contributed by atoms with Crippen LogP contribution in [0.4, 0.5) is 0 Å². The Kier molecular flexibility index (Phi) is 4.74. The lowest BCUT2D eigenvalue weighted by molar-refractivity contribution is -0.310. The number of carboxylic acid groups (broad SMARTS) is 1. The summed E-state index contributed by atoms with van der Waals surface area (Å²) in [6.45, 7) is 0.766. The summed E-state index contributed by atoms with van der Waals surface area (Å²) < 4.78 is 11.1. The molecule has 4 rings (SSSR count). The van der Waals surface area contributed by atoms with E-state index in [0.717, 1.165) is 12.8 Å². The SMILES string of the molecule is COc1cccc(C(=O)N2[C@@H](C(=O)[O-])COC23CCN(C(=O)C2CC2)CC3)c1. The van der Waals surface area contributed by atoms with E-state index >= 15 is 0 Å². The van der Waals surface area contributed by atoms with Crippen molar-refractivity contribution >= 4 is 17.8 Å². The number of carbonyl (C=O) groups is 3. The van der Waals surface area contributed by atoms with E-state index in [1.807, 2.05) is 0 Å². The summed E-state index contributed by atoms with van der Waals surface area (Å²) in [6, 6.07) is 5.43. The average molecular weight is 387 g/mol. The normalized spacial score (nSPS) is 23.7. The number of carbonyl (C=O) groups excluding carboxylic acids is 3. The molecule has 1 aliphatic carbocycles. The van der Waals surface area contributed by atoms with Gasteiger partial charge in [0, 0.05) is 37.4 Å². The molecule has 0 unspecified atom stereocenters. The minimum absolute atomic E-state index is 0.116. The molecule has 0 N–H and O–H groups in total. The van der Waals surface area contributed by atoms with Crippen LogP contribution in [-0.2, 0) is 14.3 Å². The lowest BCUT2D eigenvalue weighted by atomic mass is 9.96. The van der Waals surface area contributed by atoms with Gasteiger partial charge in [-0.3, -0.25) is 14.5 Å². The Balaban J connectivity index is 1.58. The molecule has 150 valence electrons. The molecule has 2 amide bonds. The Labute approximate surface area is 163 Å². The average Bonchev–Trinajstić information content (AvgIpc) is 3.50. The number of hydrogen-bond acceptors (Lipinski definition) is 6. The Morgan fingerprint density at radius 2 is 1.93 bits per heavy atom. The topological polar surface area (TPSA) is 99.2 Å². The molecule has 0 aromatic heterocycles. The first-order valence-corrected chi connectivity index (χ1v) is 9.56. The third kappa shape index (κ3) is 3.22. The number of aliphatic carboxylic acids is 1. The summed E-state index contributed by atoms with van der Waals surface area (Å²) >= 11 is 0. The highest BCUT2D eigenvalue weighted by Crippen LogP contribution is 2.40. The molecule has 3 aliphatic rings. The van der Waals surface area contributed by atoms with Gasteiger partial charge >= 0.3 is 0 Å². The van der Waals surface area contributed by atoms with Crippen LogP contribution in [0.15, 0.2) is 24.3 Å². The van der Waals surface area contributed by atoms with Crippen LogP contribution in [0.1, 0.15) is 36.0 Å². The van der Waals surface area contributed by atoms with Gasteiger partial charge in [-0.15, -0.1) is 0 Å². The lowest BCUT2D eigenvalue weighted by Gasteiger charge is -2.45. The number of amides is 2. The fourth-order valence-corrected chi connectivity index (χ4v) is 4.11. The molecule has 2 heterocycles. The summed E-state index contributed by atoms with van der Waals surface area (Å²) in [6.07, 6.45) is 2.63.